The highest BCUT2D eigenvalue weighted by Crippen LogP contribution is 2.24. The van der Waals surface area contributed by atoms with Crippen LogP contribution >= 0.6 is 11.3 Å². The molecule has 0 unspecified atom stereocenters. The maximum atomic E-state index is 11.7. The Bertz CT molecular complexity index is 554. The number of thiophene rings is 1. The van der Waals surface area contributed by atoms with Gasteiger partial charge >= 0.3 is 5.00 Å². The van der Waals surface area contributed by atoms with Gasteiger partial charge in [0.2, 0.25) is 0 Å². The van der Waals surface area contributed by atoms with E-state index in [1.165, 1.54) is 24.5 Å². The topological polar surface area (TPSA) is 98.0 Å². The highest BCUT2D eigenvalue weighted by atomic mass is 32.1. The molecule has 0 saturated carbocycles. The molecule has 0 fully saturated rings. The molecule has 0 aromatic carbocycles. The number of nitro groups is 1. The van der Waals surface area contributed by atoms with E-state index in [-0.39, 0.29) is 9.88 Å². The normalized spacial score (nSPS) is 9.88. The van der Waals surface area contributed by atoms with Crippen LogP contribution in [0.4, 0.5) is 10.7 Å². The van der Waals surface area contributed by atoms with E-state index in [9.17, 15) is 14.9 Å². The van der Waals surface area contributed by atoms with Crippen LogP contribution in [-0.2, 0) is 0 Å². The molecule has 0 aliphatic heterocycles. The number of hydrogen-bond acceptors (Lipinski definition) is 6. The quantitative estimate of drug-likeness (QED) is 0.660. The monoisotopic (exact) mass is 250 g/mol. The molecule has 86 valence electrons. The first-order valence-corrected chi connectivity index (χ1v) is 5.31. The summed E-state index contributed by atoms with van der Waals surface area (Å²) in [4.78, 5) is 21.9. The minimum Gasteiger partial charge on any atom is -0.320 e. The van der Waals surface area contributed by atoms with Gasteiger partial charge in [0.05, 0.1) is 27.9 Å². The molecule has 2 aromatic heterocycles. The second-order valence-corrected chi connectivity index (χ2v) is 4.04. The van der Waals surface area contributed by atoms with E-state index in [4.69, 9.17) is 0 Å². The standard InChI is InChI=1S/C9H6N4O3S/c14-9(12-6-3-4-10-11-5-6)7-1-2-8(17-7)13(15)16/h1-5H,(H,10,12,14). The predicted octanol–water partition coefficient (Wildman–Crippen LogP) is 1.70. The summed E-state index contributed by atoms with van der Waals surface area (Å²) in [6, 6.07) is 4.28. The summed E-state index contributed by atoms with van der Waals surface area (Å²) in [6.07, 6.45) is 2.83. The molecule has 2 aromatic rings. The third-order valence-corrected chi connectivity index (χ3v) is 2.87. The minimum absolute atomic E-state index is 0.0667. The summed E-state index contributed by atoms with van der Waals surface area (Å²) >= 11 is 0.821. The van der Waals surface area contributed by atoms with E-state index in [0.717, 1.165) is 11.3 Å². The van der Waals surface area contributed by atoms with E-state index >= 15 is 0 Å². The van der Waals surface area contributed by atoms with E-state index in [2.05, 4.69) is 15.5 Å². The summed E-state index contributed by atoms with van der Waals surface area (Å²) in [7, 11) is 0. The lowest BCUT2D eigenvalue weighted by Gasteiger charge is -2.00. The van der Waals surface area contributed by atoms with Gasteiger partial charge in [0.25, 0.3) is 5.91 Å². The van der Waals surface area contributed by atoms with Gasteiger partial charge in [-0.25, -0.2) is 0 Å². The predicted molar refractivity (Wildman–Crippen MR) is 61.0 cm³/mol. The van der Waals surface area contributed by atoms with Crippen molar-refractivity contribution in [1.29, 1.82) is 0 Å². The van der Waals surface area contributed by atoms with E-state index in [1.807, 2.05) is 0 Å². The average Bonchev–Trinajstić information content (AvgIpc) is 2.79. The number of hydrogen-bond donors (Lipinski definition) is 1. The Hall–Kier alpha value is -2.35. The molecule has 1 N–H and O–H groups in total. The van der Waals surface area contributed by atoms with Crippen molar-refractivity contribution in [3.05, 3.63) is 45.6 Å². The number of nitrogens with zero attached hydrogens (tertiary/aromatic N) is 3. The first-order chi connectivity index (χ1) is 8.16. The number of aromatic nitrogens is 2. The minimum atomic E-state index is -0.532. The fourth-order valence-corrected chi connectivity index (χ4v) is 1.82. The molecule has 2 heterocycles. The molecule has 0 aliphatic carbocycles. The van der Waals surface area contributed by atoms with Crippen molar-refractivity contribution in [2.45, 2.75) is 0 Å². The lowest BCUT2D eigenvalue weighted by molar-refractivity contribution is -0.380. The molecule has 0 radical (unpaired) electrons. The molecule has 17 heavy (non-hydrogen) atoms. The van der Waals surface area contributed by atoms with Crippen LogP contribution in [0.5, 0.6) is 0 Å². The molecule has 1 amide bonds. The highest BCUT2D eigenvalue weighted by Gasteiger charge is 2.15. The Morgan fingerprint density at radius 2 is 2.18 bits per heavy atom. The van der Waals surface area contributed by atoms with Crippen molar-refractivity contribution in [3.63, 3.8) is 0 Å². The third kappa shape index (κ3) is 2.61. The molecule has 8 heteroatoms. The number of rotatable bonds is 3. The zero-order valence-electron chi connectivity index (χ0n) is 8.36. The van der Waals surface area contributed by atoms with Crippen LogP contribution in [0.1, 0.15) is 9.67 Å². The van der Waals surface area contributed by atoms with E-state index < -0.39 is 10.8 Å². The van der Waals surface area contributed by atoms with Gasteiger partial charge in [-0.2, -0.15) is 10.2 Å². The van der Waals surface area contributed by atoms with Gasteiger partial charge in [0.15, 0.2) is 0 Å². The SMILES string of the molecule is O=C(Nc1ccnnc1)c1ccc([N+](=O)[O-])s1. The van der Waals surface area contributed by atoms with Gasteiger partial charge in [-0.15, -0.1) is 0 Å². The Morgan fingerprint density at radius 1 is 1.35 bits per heavy atom. The maximum absolute atomic E-state index is 11.7. The van der Waals surface area contributed by atoms with E-state index in [1.54, 1.807) is 6.07 Å². The van der Waals surface area contributed by atoms with Gasteiger partial charge in [0.1, 0.15) is 0 Å². The number of carbonyl (C=O) groups excluding carboxylic acids is 1. The van der Waals surface area contributed by atoms with Crippen LogP contribution in [0.15, 0.2) is 30.6 Å². The summed E-state index contributed by atoms with van der Waals surface area (Å²) in [5.41, 5.74) is 0.487. The molecular formula is C9H6N4O3S. The zero-order valence-corrected chi connectivity index (χ0v) is 9.18. The summed E-state index contributed by atoms with van der Waals surface area (Å²) in [6.45, 7) is 0. The van der Waals surface area contributed by atoms with Crippen LogP contribution in [0, 0.1) is 10.1 Å². The molecule has 0 bridgehead atoms. The van der Waals surface area contributed by atoms with Crippen LogP contribution in [0.25, 0.3) is 0 Å². The Labute approximate surface area is 99.3 Å². The summed E-state index contributed by atoms with van der Waals surface area (Å²) in [5, 5.41) is 20.1. The highest BCUT2D eigenvalue weighted by molar-refractivity contribution is 7.17. The Morgan fingerprint density at radius 3 is 2.76 bits per heavy atom. The van der Waals surface area contributed by atoms with Crippen LogP contribution < -0.4 is 5.32 Å². The zero-order chi connectivity index (χ0) is 12.3. The summed E-state index contributed by atoms with van der Waals surface area (Å²) < 4.78 is 0. The lowest BCUT2D eigenvalue weighted by Crippen LogP contribution is -2.10. The second-order valence-electron chi connectivity index (χ2n) is 2.98. The fourth-order valence-electron chi connectivity index (χ4n) is 1.11. The van der Waals surface area contributed by atoms with Crippen LogP contribution in [0.3, 0.4) is 0 Å². The first-order valence-electron chi connectivity index (χ1n) is 4.49. The smallest absolute Gasteiger partial charge is 0.320 e. The van der Waals surface area contributed by atoms with Crippen molar-refractivity contribution in [3.8, 4) is 0 Å². The lowest BCUT2D eigenvalue weighted by atomic mass is 10.4. The average molecular weight is 250 g/mol. The molecule has 0 atom stereocenters. The molecule has 0 spiro atoms. The summed E-state index contributed by atoms with van der Waals surface area (Å²) in [5.74, 6) is -0.406. The Balaban J connectivity index is 2.12. The van der Waals surface area contributed by atoms with Gasteiger partial charge in [-0.3, -0.25) is 14.9 Å². The van der Waals surface area contributed by atoms with Crippen molar-refractivity contribution in [2.24, 2.45) is 0 Å². The third-order valence-electron chi connectivity index (χ3n) is 1.84. The first kappa shape index (κ1) is 11.1. The van der Waals surface area contributed by atoms with Gasteiger partial charge in [0, 0.05) is 6.07 Å². The van der Waals surface area contributed by atoms with Crippen molar-refractivity contribution < 1.29 is 9.72 Å². The van der Waals surface area contributed by atoms with Crippen LogP contribution in [-0.4, -0.2) is 21.0 Å². The molecule has 7 nitrogen and oxygen atoms in total. The Kier molecular flexibility index (Phi) is 3.06. The maximum Gasteiger partial charge on any atom is 0.324 e. The van der Waals surface area contributed by atoms with Gasteiger partial charge in [-0.1, -0.05) is 11.3 Å². The second kappa shape index (κ2) is 4.66. The number of nitrogens with one attached hydrogen (secondary N) is 1. The van der Waals surface area contributed by atoms with Crippen LogP contribution in [0.2, 0.25) is 0 Å². The number of anilines is 1. The van der Waals surface area contributed by atoms with Crippen molar-refractivity contribution in [1.82, 2.24) is 10.2 Å². The van der Waals surface area contributed by atoms with Gasteiger partial charge in [-0.05, 0) is 12.1 Å². The molecule has 0 saturated heterocycles. The fraction of sp³-hybridized carbons (Fsp3) is 0. The molecular weight excluding hydrogens is 244 g/mol. The molecule has 2 rings (SSSR count). The van der Waals surface area contributed by atoms with Gasteiger partial charge < -0.3 is 5.32 Å². The number of amides is 1. The largest absolute Gasteiger partial charge is 0.324 e. The van der Waals surface area contributed by atoms with Crippen molar-refractivity contribution in [2.75, 3.05) is 5.32 Å². The van der Waals surface area contributed by atoms with Crippen molar-refractivity contribution >= 4 is 27.9 Å². The number of carbonyl (C=O) groups is 1. The molecule has 0 aliphatic rings. The van der Waals surface area contributed by atoms with E-state index in [0.29, 0.717) is 5.69 Å².